The van der Waals surface area contributed by atoms with Crippen LogP contribution < -0.4 is 4.74 Å². The molecule has 1 aromatic heterocycles. The van der Waals surface area contributed by atoms with Crippen LogP contribution in [-0.4, -0.2) is 11.0 Å². The van der Waals surface area contributed by atoms with E-state index in [1.54, 1.807) is 0 Å². The number of pyridine rings is 1. The third kappa shape index (κ3) is 2.31. The first-order chi connectivity index (χ1) is 9.43. The molecule has 0 N–H and O–H groups in total. The molecule has 1 aromatic carbocycles. The Morgan fingerprint density at radius 3 is 1.95 bits per heavy atom. The minimum atomic E-state index is -2.34. The van der Waals surface area contributed by atoms with Gasteiger partial charge in [0.15, 0.2) is 0 Å². The quantitative estimate of drug-likeness (QED) is 0.280. The molecule has 20 heavy (non-hydrogen) atoms. The van der Waals surface area contributed by atoms with Crippen molar-refractivity contribution in [2.75, 3.05) is 0 Å². The van der Waals surface area contributed by atoms with Gasteiger partial charge in [0.25, 0.3) is 0 Å². The number of carbonyl (C=O) groups is 1. The average molecular weight is 289 g/mol. The van der Waals surface area contributed by atoms with E-state index in [2.05, 4.69) is 9.72 Å². The van der Waals surface area contributed by atoms with E-state index in [0.29, 0.717) is 0 Å². The Balaban J connectivity index is 2.43. The van der Waals surface area contributed by atoms with Gasteiger partial charge < -0.3 is 4.74 Å². The lowest BCUT2D eigenvalue weighted by Crippen LogP contribution is -2.14. The van der Waals surface area contributed by atoms with Crippen LogP contribution in [0.25, 0.3) is 0 Å². The van der Waals surface area contributed by atoms with Gasteiger partial charge in [-0.05, 0) is 12.1 Å². The Bertz CT molecular complexity index is 646. The van der Waals surface area contributed by atoms with Gasteiger partial charge in [-0.2, -0.15) is 8.78 Å². The van der Waals surface area contributed by atoms with E-state index in [-0.39, 0.29) is 5.69 Å². The summed E-state index contributed by atoms with van der Waals surface area (Å²) in [5, 5.41) is 0. The van der Waals surface area contributed by atoms with Crippen molar-refractivity contribution >= 4 is 5.97 Å². The van der Waals surface area contributed by atoms with Crippen LogP contribution in [-0.2, 0) is 0 Å². The van der Waals surface area contributed by atoms with Crippen LogP contribution >= 0.6 is 0 Å². The van der Waals surface area contributed by atoms with Crippen LogP contribution in [0.3, 0.4) is 0 Å². The zero-order valence-electron chi connectivity index (χ0n) is 9.46. The summed E-state index contributed by atoms with van der Waals surface area (Å²) in [6.07, 6.45) is 1.19. The van der Waals surface area contributed by atoms with Crippen LogP contribution in [0.2, 0.25) is 0 Å². The smallest absolute Gasteiger partial charge is 0.362 e. The Kier molecular flexibility index (Phi) is 3.64. The Labute approximate surface area is 108 Å². The predicted octanol–water partition coefficient (Wildman–Crippen LogP) is 3.00. The molecule has 0 fully saturated rings. The van der Waals surface area contributed by atoms with Crippen LogP contribution in [0.1, 0.15) is 10.5 Å². The number of benzene rings is 1. The van der Waals surface area contributed by atoms with Gasteiger partial charge in [0, 0.05) is 6.20 Å². The molecule has 2 rings (SSSR count). The van der Waals surface area contributed by atoms with E-state index in [4.69, 9.17) is 0 Å². The van der Waals surface area contributed by atoms with E-state index in [1.165, 1.54) is 18.3 Å². The van der Waals surface area contributed by atoms with Crippen molar-refractivity contribution in [2.45, 2.75) is 0 Å². The van der Waals surface area contributed by atoms with Gasteiger partial charge in [0.05, 0.1) is 0 Å². The largest absolute Gasteiger partial charge is 0.415 e. The lowest BCUT2D eigenvalue weighted by molar-refractivity contribution is 0.0710. The molecule has 0 atom stereocenters. The Hall–Kier alpha value is -2.51. The van der Waals surface area contributed by atoms with Gasteiger partial charge in [-0.3, -0.25) is 0 Å². The van der Waals surface area contributed by atoms with E-state index < -0.39 is 40.8 Å². The molecule has 8 heteroatoms. The first-order valence-electron chi connectivity index (χ1n) is 5.08. The highest BCUT2D eigenvalue weighted by atomic mass is 19.2. The number of rotatable bonds is 2. The molecule has 0 saturated heterocycles. The molecular weight excluding hydrogens is 285 g/mol. The number of halogens is 5. The van der Waals surface area contributed by atoms with Crippen molar-refractivity contribution in [2.24, 2.45) is 0 Å². The second-order valence-corrected chi connectivity index (χ2v) is 3.50. The molecule has 1 heterocycles. The Morgan fingerprint density at radius 1 is 0.900 bits per heavy atom. The highest BCUT2D eigenvalue weighted by Gasteiger charge is 2.29. The van der Waals surface area contributed by atoms with Gasteiger partial charge in [-0.1, -0.05) is 6.07 Å². The van der Waals surface area contributed by atoms with Crippen molar-refractivity contribution in [3.05, 3.63) is 59.2 Å². The summed E-state index contributed by atoms with van der Waals surface area (Å²) in [6, 6.07) is 3.98. The highest BCUT2D eigenvalue weighted by molar-refractivity contribution is 5.88. The zero-order valence-corrected chi connectivity index (χ0v) is 9.46. The molecule has 0 aliphatic rings. The molecule has 0 aliphatic heterocycles. The van der Waals surface area contributed by atoms with E-state index >= 15 is 0 Å². The fourth-order valence-corrected chi connectivity index (χ4v) is 1.30. The summed E-state index contributed by atoms with van der Waals surface area (Å²) in [5.41, 5.74) is -0.351. The zero-order chi connectivity index (χ0) is 14.9. The second-order valence-electron chi connectivity index (χ2n) is 3.50. The fraction of sp³-hybridized carbons (Fsp3) is 0. The van der Waals surface area contributed by atoms with Crippen molar-refractivity contribution < 1.29 is 31.5 Å². The topological polar surface area (TPSA) is 39.2 Å². The fourth-order valence-electron chi connectivity index (χ4n) is 1.30. The maximum absolute atomic E-state index is 13.3. The number of carbonyl (C=O) groups excluding carboxylic acids is 1. The number of ether oxygens (including phenoxy) is 1. The molecule has 3 nitrogen and oxygen atoms in total. The molecule has 0 aliphatic carbocycles. The number of hydrogen-bond acceptors (Lipinski definition) is 3. The first kappa shape index (κ1) is 13.9. The van der Waals surface area contributed by atoms with E-state index in [0.717, 1.165) is 6.07 Å². The van der Waals surface area contributed by atoms with Crippen molar-refractivity contribution in [1.29, 1.82) is 0 Å². The van der Waals surface area contributed by atoms with Gasteiger partial charge in [-0.25, -0.2) is 22.9 Å². The molecule has 2 aromatic rings. The van der Waals surface area contributed by atoms with Crippen molar-refractivity contribution in [1.82, 2.24) is 4.98 Å². The van der Waals surface area contributed by atoms with E-state index in [9.17, 15) is 26.7 Å². The molecule has 0 radical (unpaired) electrons. The summed E-state index contributed by atoms with van der Waals surface area (Å²) in [5.74, 6) is -14.2. The first-order valence-corrected chi connectivity index (χ1v) is 5.08. The lowest BCUT2D eigenvalue weighted by Gasteiger charge is -2.08. The van der Waals surface area contributed by atoms with Gasteiger partial charge in [0.2, 0.25) is 34.8 Å². The predicted molar refractivity (Wildman–Crippen MR) is 55.4 cm³/mol. The summed E-state index contributed by atoms with van der Waals surface area (Å²) in [4.78, 5) is 15.0. The van der Waals surface area contributed by atoms with Gasteiger partial charge in [0.1, 0.15) is 5.69 Å². The molecule has 0 bridgehead atoms. The van der Waals surface area contributed by atoms with Crippen molar-refractivity contribution in [3.8, 4) is 5.75 Å². The van der Waals surface area contributed by atoms with Crippen LogP contribution in [0.4, 0.5) is 22.0 Å². The number of hydrogen-bond donors (Lipinski definition) is 0. The highest BCUT2D eigenvalue weighted by Crippen LogP contribution is 2.29. The number of aromatic nitrogens is 1. The minimum absolute atomic E-state index is 0.351. The Morgan fingerprint density at radius 2 is 1.45 bits per heavy atom. The summed E-state index contributed by atoms with van der Waals surface area (Å²) in [7, 11) is 0. The summed E-state index contributed by atoms with van der Waals surface area (Å²) < 4.78 is 69.3. The van der Waals surface area contributed by atoms with Gasteiger partial charge in [-0.15, -0.1) is 0 Å². The lowest BCUT2D eigenvalue weighted by atomic mass is 10.2. The van der Waals surface area contributed by atoms with Crippen molar-refractivity contribution in [3.63, 3.8) is 0 Å². The standard InChI is InChI=1S/C12H4F5NO2/c13-6-7(14)9(16)11(10(17)8(6)15)20-12(19)5-3-1-2-4-18-5/h1-4H. The van der Waals surface area contributed by atoms with Crippen LogP contribution in [0, 0.1) is 29.1 Å². The SMILES string of the molecule is O=C(Oc1c(F)c(F)c(F)c(F)c1F)c1ccccn1. The average Bonchev–Trinajstić information content (AvgIpc) is 2.48. The minimum Gasteiger partial charge on any atom is -0.415 e. The second kappa shape index (κ2) is 5.24. The van der Waals surface area contributed by atoms with Gasteiger partial charge >= 0.3 is 5.97 Å². The summed E-state index contributed by atoms with van der Waals surface area (Å²) >= 11 is 0. The number of esters is 1. The molecule has 0 spiro atoms. The summed E-state index contributed by atoms with van der Waals surface area (Å²) in [6.45, 7) is 0. The maximum Gasteiger partial charge on any atom is 0.362 e. The molecule has 0 unspecified atom stereocenters. The third-order valence-electron chi connectivity index (χ3n) is 2.24. The molecule has 104 valence electrons. The maximum atomic E-state index is 13.3. The van der Waals surface area contributed by atoms with Crippen LogP contribution in [0.5, 0.6) is 5.75 Å². The third-order valence-corrected chi connectivity index (χ3v) is 2.24. The molecule has 0 saturated carbocycles. The number of nitrogens with zero attached hydrogens (tertiary/aromatic N) is 1. The normalized spacial score (nSPS) is 10.4. The molecule has 0 amide bonds. The van der Waals surface area contributed by atoms with Crippen LogP contribution in [0.15, 0.2) is 24.4 Å². The monoisotopic (exact) mass is 289 g/mol. The van der Waals surface area contributed by atoms with E-state index in [1.807, 2.05) is 0 Å². The molecular formula is C12H4F5NO2.